The Balaban J connectivity index is 2.09. The molecular formula is C13H13Br2NO. The van der Waals surface area contributed by atoms with E-state index in [1.807, 2.05) is 13.1 Å². The minimum atomic E-state index is 0.355. The third kappa shape index (κ3) is 2.18. The molecule has 0 spiro atoms. The first-order chi connectivity index (χ1) is 8.19. The molecular weight excluding hydrogens is 346 g/mol. The molecule has 1 fully saturated rings. The van der Waals surface area contributed by atoms with Crippen molar-refractivity contribution in [2.75, 3.05) is 7.05 Å². The molecule has 0 bridgehead atoms. The molecule has 2 aromatic rings. The maximum Gasteiger partial charge on any atom is 0.148 e. The zero-order chi connectivity index (χ0) is 12.0. The van der Waals surface area contributed by atoms with Crippen molar-refractivity contribution in [2.45, 2.75) is 18.9 Å². The second-order valence-electron chi connectivity index (χ2n) is 4.56. The number of furan rings is 1. The van der Waals surface area contributed by atoms with Gasteiger partial charge in [-0.2, -0.15) is 0 Å². The smallest absolute Gasteiger partial charge is 0.148 e. The van der Waals surface area contributed by atoms with Gasteiger partial charge in [-0.05, 0) is 59.9 Å². The van der Waals surface area contributed by atoms with Crippen molar-refractivity contribution < 1.29 is 4.42 Å². The zero-order valence-corrected chi connectivity index (χ0v) is 12.6. The average molecular weight is 359 g/mol. The van der Waals surface area contributed by atoms with Gasteiger partial charge >= 0.3 is 0 Å². The van der Waals surface area contributed by atoms with Crippen LogP contribution in [0.25, 0.3) is 11.0 Å². The molecule has 1 atom stereocenters. The molecule has 17 heavy (non-hydrogen) atoms. The Morgan fingerprint density at radius 2 is 2.06 bits per heavy atom. The summed E-state index contributed by atoms with van der Waals surface area (Å²) in [4.78, 5) is 0. The van der Waals surface area contributed by atoms with Crippen LogP contribution in [-0.4, -0.2) is 7.05 Å². The SMILES string of the molecule is CNC(c1cc2cc(Br)cc(Br)c2o1)C1CC1. The van der Waals surface area contributed by atoms with Crippen molar-refractivity contribution in [1.29, 1.82) is 0 Å². The number of hydrogen-bond acceptors (Lipinski definition) is 2. The van der Waals surface area contributed by atoms with Gasteiger partial charge in [0.2, 0.25) is 0 Å². The lowest BCUT2D eigenvalue weighted by Crippen LogP contribution is -2.17. The summed E-state index contributed by atoms with van der Waals surface area (Å²) in [6, 6.07) is 6.60. The molecule has 0 radical (unpaired) electrons. The number of halogens is 2. The molecule has 1 heterocycles. The lowest BCUT2D eigenvalue weighted by Gasteiger charge is -2.11. The fraction of sp³-hybridized carbons (Fsp3) is 0.385. The summed E-state index contributed by atoms with van der Waals surface area (Å²) in [5.74, 6) is 1.78. The molecule has 1 aliphatic carbocycles. The van der Waals surface area contributed by atoms with E-state index < -0.39 is 0 Å². The van der Waals surface area contributed by atoms with E-state index >= 15 is 0 Å². The summed E-state index contributed by atoms with van der Waals surface area (Å²) in [6.07, 6.45) is 2.60. The summed E-state index contributed by atoms with van der Waals surface area (Å²) in [5, 5.41) is 4.50. The lowest BCUT2D eigenvalue weighted by molar-refractivity contribution is 0.419. The van der Waals surface area contributed by atoms with Crippen molar-refractivity contribution in [3.8, 4) is 0 Å². The van der Waals surface area contributed by atoms with Gasteiger partial charge in [0.05, 0.1) is 10.5 Å². The lowest BCUT2D eigenvalue weighted by atomic mass is 10.1. The minimum absolute atomic E-state index is 0.355. The molecule has 0 amide bonds. The van der Waals surface area contributed by atoms with Gasteiger partial charge in [-0.25, -0.2) is 0 Å². The van der Waals surface area contributed by atoms with Crippen LogP contribution >= 0.6 is 31.9 Å². The van der Waals surface area contributed by atoms with Gasteiger partial charge in [-0.1, -0.05) is 15.9 Å². The summed E-state index contributed by atoms with van der Waals surface area (Å²) in [7, 11) is 2.00. The summed E-state index contributed by atoms with van der Waals surface area (Å²) < 4.78 is 8.04. The molecule has 1 unspecified atom stereocenters. The molecule has 1 saturated carbocycles. The topological polar surface area (TPSA) is 25.2 Å². The molecule has 1 aromatic heterocycles. The first-order valence-electron chi connectivity index (χ1n) is 5.75. The normalized spacial score (nSPS) is 17.6. The predicted molar refractivity (Wildman–Crippen MR) is 76.1 cm³/mol. The van der Waals surface area contributed by atoms with Crippen LogP contribution in [0.2, 0.25) is 0 Å². The van der Waals surface area contributed by atoms with Crippen LogP contribution in [0.3, 0.4) is 0 Å². The molecule has 90 valence electrons. The quantitative estimate of drug-likeness (QED) is 0.865. The summed E-state index contributed by atoms with van der Waals surface area (Å²) >= 11 is 7.04. The van der Waals surface area contributed by atoms with Crippen molar-refractivity contribution in [3.63, 3.8) is 0 Å². The van der Waals surface area contributed by atoms with Gasteiger partial charge in [0.15, 0.2) is 0 Å². The highest BCUT2D eigenvalue weighted by Gasteiger charge is 2.33. The predicted octanol–water partition coefficient (Wildman–Crippen LogP) is 4.63. The van der Waals surface area contributed by atoms with Crippen LogP contribution in [0.1, 0.15) is 24.6 Å². The third-order valence-electron chi connectivity index (χ3n) is 3.27. The van der Waals surface area contributed by atoms with Crippen molar-refractivity contribution in [2.24, 2.45) is 5.92 Å². The Morgan fingerprint density at radius 3 is 2.71 bits per heavy atom. The van der Waals surface area contributed by atoms with Gasteiger partial charge in [-0.15, -0.1) is 0 Å². The molecule has 4 heteroatoms. The van der Waals surface area contributed by atoms with Crippen LogP contribution < -0.4 is 5.32 Å². The van der Waals surface area contributed by atoms with E-state index in [-0.39, 0.29) is 0 Å². The highest BCUT2D eigenvalue weighted by atomic mass is 79.9. The molecule has 1 aliphatic rings. The fourth-order valence-electron chi connectivity index (χ4n) is 2.29. The van der Waals surface area contributed by atoms with Gasteiger partial charge in [0.1, 0.15) is 11.3 Å². The van der Waals surface area contributed by atoms with E-state index in [2.05, 4.69) is 49.3 Å². The highest BCUT2D eigenvalue weighted by Crippen LogP contribution is 2.43. The first kappa shape index (κ1) is 11.8. The van der Waals surface area contributed by atoms with E-state index in [1.54, 1.807) is 0 Å². The van der Waals surface area contributed by atoms with E-state index in [0.717, 1.165) is 31.6 Å². The maximum absolute atomic E-state index is 5.98. The Labute approximate surface area is 117 Å². The monoisotopic (exact) mass is 357 g/mol. The first-order valence-corrected chi connectivity index (χ1v) is 7.33. The van der Waals surface area contributed by atoms with Crippen LogP contribution in [0.5, 0.6) is 0 Å². The number of fused-ring (bicyclic) bond motifs is 1. The molecule has 0 aliphatic heterocycles. The number of benzene rings is 1. The van der Waals surface area contributed by atoms with E-state index in [9.17, 15) is 0 Å². The molecule has 0 saturated heterocycles. The van der Waals surface area contributed by atoms with Crippen molar-refractivity contribution in [3.05, 3.63) is 32.9 Å². The minimum Gasteiger partial charge on any atom is -0.458 e. The van der Waals surface area contributed by atoms with E-state index in [1.165, 1.54) is 12.8 Å². The molecule has 2 nitrogen and oxygen atoms in total. The maximum atomic E-state index is 5.98. The highest BCUT2D eigenvalue weighted by molar-refractivity contribution is 9.11. The van der Waals surface area contributed by atoms with Crippen LogP contribution in [0.4, 0.5) is 0 Å². The van der Waals surface area contributed by atoms with Gasteiger partial charge in [0.25, 0.3) is 0 Å². The Kier molecular flexibility index (Phi) is 3.05. The fourth-order valence-corrected chi connectivity index (χ4v) is 3.63. The largest absolute Gasteiger partial charge is 0.458 e. The Bertz CT molecular complexity index is 560. The van der Waals surface area contributed by atoms with Crippen LogP contribution in [0.15, 0.2) is 31.6 Å². The zero-order valence-electron chi connectivity index (χ0n) is 9.47. The number of hydrogen-bond donors (Lipinski definition) is 1. The average Bonchev–Trinajstić information content (AvgIpc) is 3.00. The Morgan fingerprint density at radius 1 is 1.29 bits per heavy atom. The molecule has 3 rings (SSSR count). The summed E-state index contributed by atoms with van der Waals surface area (Å²) in [5.41, 5.74) is 0.934. The Hall–Kier alpha value is -0.320. The van der Waals surface area contributed by atoms with Crippen molar-refractivity contribution >= 4 is 42.8 Å². The van der Waals surface area contributed by atoms with Crippen molar-refractivity contribution in [1.82, 2.24) is 5.32 Å². The third-order valence-corrected chi connectivity index (χ3v) is 4.31. The summed E-state index contributed by atoms with van der Waals surface area (Å²) in [6.45, 7) is 0. The van der Waals surface area contributed by atoms with E-state index in [0.29, 0.717) is 6.04 Å². The van der Waals surface area contributed by atoms with Gasteiger partial charge in [-0.3, -0.25) is 0 Å². The molecule has 1 N–H and O–H groups in total. The second kappa shape index (κ2) is 4.41. The molecule has 1 aromatic carbocycles. The van der Waals surface area contributed by atoms with Gasteiger partial charge < -0.3 is 9.73 Å². The number of rotatable bonds is 3. The second-order valence-corrected chi connectivity index (χ2v) is 6.33. The standard InChI is InChI=1S/C13H13Br2NO/c1-16-12(7-2-3-7)11-5-8-4-9(14)6-10(15)13(8)17-11/h4-7,12,16H,2-3H2,1H3. The van der Waals surface area contributed by atoms with Gasteiger partial charge in [0, 0.05) is 9.86 Å². The van der Waals surface area contributed by atoms with Crippen LogP contribution in [-0.2, 0) is 0 Å². The van der Waals surface area contributed by atoms with Crippen LogP contribution in [0, 0.1) is 5.92 Å². The van der Waals surface area contributed by atoms with E-state index in [4.69, 9.17) is 4.42 Å². The number of nitrogens with one attached hydrogen (secondary N) is 1.